The maximum absolute atomic E-state index is 9.75. The van der Waals surface area contributed by atoms with Gasteiger partial charge >= 0.3 is 0 Å². The Morgan fingerprint density at radius 3 is 2.88 bits per heavy atom. The third-order valence-corrected chi connectivity index (χ3v) is 3.03. The standard InChI is InChI=1S/C13H16O4/c1-9(14)13(16-2)7-6-10-4-3-5-12(15)11(10)8-17-13/h3-7,9,14-15H,8H2,1-2H3/t9-,13?/m1/s1. The molecule has 0 radical (unpaired) electrons. The molecule has 0 bridgehead atoms. The van der Waals surface area contributed by atoms with Gasteiger partial charge in [0.2, 0.25) is 5.79 Å². The van der Waals surface area contributed by atoms with Gasteiger partial charge in [-0.15, -0.1) is 0 Å². The van der Waals surface area contributed by atoms with Crippen molar-refractivity contribution in [2.75, 3.05) is 7.11 Å². The summed E-state index contributed by atoms with van der Waals surface area (Å²) in [5, 5.41) is 19.5. The number of rotatable bonds is 2. The summed E-state index contributed by atoms with van der Waals surface area (Å²) in [7, 11) is 1.48. The summed E-state index contributed by atoms with van der Waals surface area (Å²) < 4.78 is 10.8. The summed E-state index contributed by atoms with van der Waals surface area (Å²) in [4.78, 5) is 0. The van der Waals surface area contributed by atoms with Crippen LogP contribution in [0.3, 0.4) is 0 Å². The number of fused-ring (bicyclic) bond motifs is 1. The highest BCUT2D eigenvalue weighted by Crippen LogP contribution is 2.31. The topological polar surface area (TPSA) is 58.9 Å². The Hall–Kier alpha value is -1.36. The Morgan fingerprint density at radius 1 is 1.47 bits per heavy atom. The fraction of sp³-hybridized carbons (Fsp3) is 0.385. The minimum Gasteiger partial charge on any atom is -0.508 e. The predicted octanol–water partition coefficient (Wildman–Crippen LogP) is 1.66. The van der Waals surface area contributed by atoms with E-state index >= 15 is 0 Å². The van der Waals surface area contributed by atoms with E-state index in [1.54, 1.807) is 31.2 Å². The van der Waals surface area contributed by atoms with Crippen molar-refractivity contribution in [1.82, 2.24) is 0 Å². The van der Waals surface area contributed by atoms with Gasteiger partial charge < -0.3 is 19.7 Å². The third kappa shape index (κ3) is 2.07. The number of methoxy groups -OCH3 is 1. The molecule has 1 aliphatic heterocycles. The third-order valence-electron chi connectivity index (χ3n) is 3.03. The van der Waals surface area contributed by atoms with Gasteiger partial charge in [-0.05, 0) is 24.6 Å². The van der Waals surface area contributed by atoms with Crippen LogP contribution in [0, 0.1) is 0 Å². The summed E-state index contributed by atoms with van der Waals surface area (Å²) in [6.07, 6.45) is 2.65. The SMILES string of the molecule is COC1([C@@H](C)O)C=Cc2cccc(O)c2CO1. The Balaban J connectivity index is 2.40. The van der Waals surface area contributed by atoms with Gasteiger partial charge in [0, 0.05) is 12.7 Å². The van der Waals surface area contributed by atoms with Crippen LogP contribution in [0.1, 0.15) is 18.1 Å². The van der Waals surface area contributed by atoms with Gasteiger partial charge in [0.15, 0.2) is 0 Å². The van der Waals surface area contributed by atoms with Crippen LogP contribution in [0.4, 0.5) is 0 Å². The number of benzene rings is 1. The molecule has 4 heteroatoms. The van der Waals surface area contributed by atoms with Gasteiger partial charge in [-0.25, -0.2) is 0 Å². The minimum absolute atomic E-state index is 0.185. The van der Waals surface area contributed by atoms with Gasteiger partial charge in [-0.1, -0.05) is 18.2 Å². The molecule has 2 N–H and O–H groups in total. The largest absolute Gasteiger partial charge is 0.508 e. The molecule has 2 atom stereocenters. The van der Waals surface area contributed by atoms with Gasteiger partial charge in [-0.3, -0.25) is 0 Å². The first-order valence-electron chi connectivity index (χ1n) is 5.46. The minimum atomic E-state index is -1.16. The zero-order chi connectivity index (χ0) is 12.5. The fourth-order valence-electron chi connectivity index (χ4n) is 1.90. The van der Waals surface area contributed by atoms with Crippen LogP contribution < -0.4 is 0 Å². The van der Waals surface area contributed by atoms with Crippen LogP contribution in [-0.2, 0) is 16.1 Å². The van der Waals surface area contributed by atoms with E-state index in [4.69, 9.17) is 9.47 Å². The maximum atomic E-state index is 9.75. The smallest absolute Gasteiger partial charge is 0.214 e. The summed E-state index contributed by atoms with van der Waals surface area (Å²) in [6, 6.07) is 5.25. The number of hydrogen-bond acceptors (Lipinski definition) is 4. The number of phenols is 1. The molecule has 2 rings (SSSR count). The van der Waals surface area contributed by atoms with Crippen LogP contribution in [0.15, 0.2) is 24.3 Å². The van der Waals surface area contributed by atoms with Gasteiger partial charge in [0.25, 0.3) is 0 Å². The van der Waals surface area contributed by atoms with Crippen LogP contribution in [0.25, 0.3) is 6.08 Å². The van der Waals surface area contributed by atoms with E-state index in [1.165, 1.54) is 7.11 Å². The monoisotopic (exact) mass is 236 g/mol. The van der Waals surface area contributed by atoms with Gasteiger partial charge in [-0.2, -0.15) is 0 Å². The molecule has 17 heavy (non-hydrogen) atoms. The van der Waals surface area contributed by atoms with E-state index in [0.29, 0.717) is 5.56 Å². The molecule has 0 aliphatic carbocycles. The van der Waals surface area contributed by atoms with Crippen molar-refractivity contribution in [3.8, 4) is 5.75 Å². The highest BCUT2D eigenvalue weighted by molar-refractivity contribution is 5.59. The number of ether oxygens (including phenoxy) is 2. The second-order valence-corrected chi connectivity index (χ2v) is 4.07. The van der Waals surface area contributed by atoms with Crippen LogP contribution in [0.2, 0.25) is 0 Å². The van der Waals surface area contributed by atoms with E-state index in [9.17, 15) is 10.2 Å². The van der Waals surface area contributed by atoms with Crippen molar-refractivity contribution in [2.24, 2.45) is 0 Å². The Bertz CT molecular complexity index is 439. The number of hydrogen-bond donors (Lipinski definition) is 2. The first-order valence-corrected chi connectivity index (χ1v) is 5.46. The fourth-order valence-corrected chi connectivity index (χ4v) is 1.90. The lowest BCUT2D eigenvalue weighted by Crippen LogP contribution is -2.42. The Morgan fingerprint density at radius 2 is 2.24 bits per heavy atom. The van der Waals surface area contributed by atoms with Crippen molar-refractivity contribution in [3.63, 3.8) is 0 Å². The summed E-state index contributed by atoms with van der Waals surface area (Å²) >= 11 is 0. The molecular formula is C13H16O4. The normalized spacial score (nSPS) is 25.1. The van der Waals surface area contributed by atoms with Gasteiger partial charge in [0.1, 0.15) is 11.9 Å². The maximum Gasteiger partial charge on any atom is 0.214 e. The highest BCUT2D eigenvalue weighted by atomic mass is 16.7. The molecule has 92 valence electrons. The lowest BCUT2D eigenvalue weighted by molar-refractivity contribution is -0.240. The van der Waals surface area contributed by atoms with E-state index in [2.05, 4.69) is 0 Å². The van der Waals surface area contributed by atoms with E-state index in [-0.39, 0.29) is 12.4 Å². The number of phenolic OH excluding ortho intramolecular Hbond substituents is 1. The number of aliphatic hydroxyl groups is 1. The second kappa shape index (κ2) is 4.49. The Kier molecular flexibility index (Phi) is 3.19. The highest BCUT2D eigenvalue weighted by Gasteiger charge is 2.35. The summed E-state index contributed by atoms with van der Waals surface area (Å²) in [5.74, 6) is -0.976. The van der Waals surface area contributed by atoms with Crippen LogP contribution in [0.5, 0.6) is 5.75 Å². The van der Waals surface area contributed by atoms with Crippen molar-refractivity contribution in [2.45, 2.75) is 25.4 Å². The molecule has 0 saturated carbocycles. The molecule has 4 nitrogen and oxygen atoms in total. The van der Waals surface area contributed by atoms with Crippen LogP contribution in [-0.4, -0.2) is 29.2 Å². The summed E-state index contributed by atoms with van der Waals surface area (Å²) in [5.41, 5.74) is 1.56. The van der Waals surface area contributed by atoms with E-state index in [0.717, 1.165) is 5.56 Å². The summed E-state index contributed by atoms with van der Waals surface area (Å²) in [6.45, 7) is 1.79. The Labute approximate surface area is 100 Å². The molecule has 0 fully saturated rings. The van der Waals surface area contributed by atoms with E-state index in [1.807, 2.05) is 6.07 Å². The second-order valence-electron chi connectivity index (χ2n) is 4.07. The lowest BCUT2D eigenvalue weighted by atomic mass is 10.1. The quantitative estimate of drug-likeness (QED) is 0.820. The molecule has 1 aromatic rings. The van der Waals surface area contributed by atoms with Crippen molar-refractivity contribution < 1.29 is 19.7 Å². The first-order chi connectivity index (χ1) is 8.09. The molecule has 1 aromatic carbocycles. The zero-order valence-electron chi connectivity index (χ0n) is 9.88. The molecular weight excluding hydrogens is 220 g/mol. The average Bonchev–Trinajstić information content (AvgIpc) is 2.50. The molecule has 0 aromatic heterocycles. The molecule has 1 unspecified atom stereocenters. The van der Waals surface area contributed by atoms with E-state index < -0.39 is 11.9 Å². The van der Waals surface area contributed by atoms with Crippen LogP contribution >= 0.6 is 0 Å². The molecule has 1 heterocycles. The molecule has 0 amide bonds. The average molecular weight is 236 g/mol. The van der Waals surface area contributed by atoms with Crippen molar-refractivity contribution in [1.29, 1.82) is 0 Å². The molecule has 1 aliphatic rings. The zero-order valence-corrected chi connectivity index (χ0v) is 9.88. The van der Waals surface area contributed by atoms with Gasteiger partial charge in [0.05, 0.1) is 6.61 Å². The lowest BCUT2D eigenvalue weighted by Gasteiger charge is -2.31. The van der Waals surface area contributed by atoms with Crippen molar-refractivity contribution in [3.05, 3.63) is 35.4 Å². The molecule has 0 spiro atoms. The first kappa shape index (κ1) is 12.1. The number of aliphatic hydroxyl groups excluding tert-OH is 1. The predicted molar refractivity (Wildman–Crippen MR) is 63.4 cm³/mol. The number of aromatic hydroxyl groups is 1. The molecule has 0 saturated heterocycles. The van der Waals surface area contributed by atoms with Crippen molar-refractivity contribution >= 4 is 6.08 Å².